The van der Waals surface area contributed by atoms with Crippen LogP contribution in [0.2, 0.25) is 90.7 Å². The van der Waals surface area contributed by atoms with Crippen LogP contribution in [0, 0.1) is 35.5 Å². The number of carboxylic acid groups (broad SMARTS) is 1. The number of aliphatic carboxylic acids is 1. The van der Waals surface area contributed by atoms with Crippen molar-refractivity contribution in [1.29, 1.82) is 0 Å². The van der Waals surface area contributed by atoms with E-state index in [1.807, 2.05) is 144 Å². The van der Waals surface area contributed by atoms with E-state index in [1.54, 1.807) is 7.11 Å². The summed E-state index contributed by atoms with van der Waals surface area (Å²) in [6, 6.07) is 29.8. The van der Waals surface area contributed by atoms with E-state index in [1.165, 1.54) is 0 Å². The highest BCUT2D eigenvalue weighted by Gasteiger charge is 2.55. The number of rotatable bonds is 32. The molecule has 0 saturated carbocycles. The minimum Gasteiger partial charge on any atom is -0.481 e. The predicted octanol–water partition coefficient (Wildman–Crippen LogP) is 23.9. The fourth-order valence-electron chi connectivity index (χ4n) is 19.1. The maximum absolute atomic E-state index is 14.7. The number of methoxy groups -OCH3 is 1. The first-order valence-electron chi connectivity index (χ1n) is 46.3. The van der Waals surface area contributed by atoms with E-state index in [4.69, 9.17) is 50.6 Å². The molecule has 19 atom stereocenters. The number of aliphatic hydroxyl groups is 1. The maximum atomic E-state index is 14.7. The molecule has 0 radical (unpaired) electrons. The highest BCUT2D eigenvalue weighted by atomic mass is 28.4. The quantitative estimate of drug-likeness (QED) is 0.0460. The largest absolute Gasteiger partial charge is 0.481 e. The van der Waals surface area contributed by atoms with E-state index in [0.717, 1.165) is 132 Å². The Labute approximate surface area is 720 Å². The van der Waals surface area contributed by atoms with Gasteiger partial charge in [0.05, 0.1) is 55.2 Å². The molecule has 10 unspecified atom stereocenters. The summed E-state index contributed by atoms with van der Waals surface area (Å²) in [5.41, 5.74) is 4.53. The average Bonchev–Trinajstić information content (AvgIpc) is 1.19. The molecule has 2 fully saturated rings. The molecular weight excluding hydrogens is 1560 g/mol. The summed E-state index contributed by atoms with van der Waals surface area (Å²) >= 11 is 0. The number of ether oxygens (including phenoxy) is 6. The zero-order valence-electron chi connectivity index (χ0n) is 77.3. The van der Waals surface area contributed by atoms with Crippen molar-refractivity contribution in [2.45, 2.75) is 379 Å². The van der Waals surface area contributed by atoms with E-state index in [2.05, 4.69) is 147 Å². The second kappa shape index (κ2) is 49.9. The lowest BCUT2D eigenvalue weighted by molar-refractivity contribution is -0.311. The van der Waals surface area contributed by atoms with Gasteiger partial charge in [0.15, 0.2) is 53.7 Å². The first-order valence-corrected chi connectivity index (χ1v) is 58.9. The Bertz CT molecular complexity index is 3440. The number of nitrogens with one attached hydrogen (secondary N) is 1. The minimum absolute atomic E-state index is 0.0129. The summed E-state index contributed by atoms with van der Waals surface area (Å²) in [4.78, 5) is 43.9. The Morgan fingerprint density at radius 1 is 0.517 bits per heavy atom. The second-order valence-electron chi connectivity index (χ2n) is 35.0. The molecule has 3 heterocycles. The van der Waals surface area contributed by atoms with Crippen LogP contribution in [-0.2, 0) is 60.1 Å². The van der Waals surface area contributed by atoms with Gasteiger partial charge in [-0.05, 0) is 164 Å². The molecule has 6 rings (SSSR count). The minimum atomic E-state index is -2.53. The Balaban J connectivity index is 1.48. The van der Waals surface area contributed by atoms with Crippen LogP contribution in [0.15, 0.2) is 134 Å². The molecule has 2 aromatic rings. The summed E-state index contributed by atoms with van der Waals surface area (Å²) < 4.78 is 79.5. The summed E-state index contributed by atoms with van der Waals surface area (Å²) in [7, 11) is -9.99. The van der Waals surface area contributed by atoms with Gasteiger partial charge in [-0.3, -0.25) is 9.59 Å². The molecule has 22 heteroatoms. The maximum Gasteiger partial charge on any atom is 0.407 e. The van der Waals surface area contributed by atoms with Crippen molar-refractivity contribution >= 4 is 59.6 Å². The van der Waals surface area contributed by atoms with Crippen molar-refractivity contribution in [2.75, 3.05) is 13.7 Å². The van der Waals surface area contributed by atoms with Gasteiger partial charge in [0.25, 0.3) is 0 Å². The third kappa shape index (κ3) is 28.0. The van der Waals surface area contributed by atoms with Crippen LogP contribution >= 0.6 is 0 Å². The van der Waals surface area contributed by atoms with Gasteiger partial charge in [0, 0.05) is 62.3 Å². The van der Waals surface area contributed by atoms with E-state index in [9.17, 15) is 24.6 Å². The van der Waals surface area contributed by atoms with Crippen molar-refractivity contribution in [3.63, 3.8) is 0 Å². The van der Waals surface area contributed by atoms with E-state index in [0.29, 0.717) is 12.8 Å². The fourth-order valence-corrected chi connectivity index (χ4v) is 33.7. The van der Waals surface area contributed by atoms with Gasteiger partial charge in [-0.25, -0.2) is 4.79 Å². The average molecular weight is 1730 g/mol. The normalized spacial score (nSPS) is 31.5. The summed E-state index contributed by atoms with van der Waals surface area (Å²) in [5, 5.41) is 27.0. The van der Waals surface area contributed by atoms with Gasteiger partial charge in [-0.15, -0.1) is 0 Å². The van der Waals surface area contributed by atoms with Crippen LogP contribution in [0.5, 0.6) is 0 Å². The molecule has 1 amide bonds. The fraction of sp³-hybridized carbons (Fsp3) is 0.698. The molecule has 2 bridgehead atoms. The van der Waals surface area contributed by atoms with E-state index >= 15 is 0 Å². The van der Waals surface area contributed by atoms with Gasteiger partial charge in [-0.2, -0.15) is 0 Å². The van der Waals surface area contributed by atoms with Crippen molar-refractivity contribution < 1.29 is 75.1 Å². The smallest absolute Gasteiger partial charge is 0.407 e. The van der Waals surface area contributed by atoms with Crippen molar-refractivity contribution in [3.8, 4) is 11.1 Å². The number of carboxylic acids is 1. The van der Waals surface area contributed by atoms with Crippen LogP contribution in [0.4, 0.5) is 4.79 Å². The lowest BCUT2D eigenvalue weighted by Gasteiger charge is -2.50. The number of alkyl carbamates (subject to hydrolysis) is 1. The number of amides is 1. The van der Waals surface area contributed by atoms with Gasteiger partial charge in [0.2, 0.25) is 0 Å². The van der Waals surface area contributed by atoms with Crippen molar-refractivity contribution in [2.24, 2.45) is 35.5 Å². The number of aliphatic hydroxyl groups excluding tert-OH is 1. The number of benzene rings is 2. The molecule has 4 aliphatic rings. The summed E-state index contributed by atoms with van der Waals surface area (Å²) in [6.45, 7) is 48.2. The van der Waals surface area contributed by atoms with Gasteiger partial charge in [-0.1, -0.05) is 272 Å². The zero-order chi connectivity index (χ0) is 87.0. The van der Waals surface area contributed by atoms with Crippen LogP contribution < -0.4 is 5.32 Å². The molecule has 0 spiro atoms. The number of carbonyl (C=O) groups is 3. The standard InChI is InChI=1S/C96H161NO16Si5/c1-24-114(25-2,26-3)109-78-61-62-85(111-116(30-7,31-8)32-9)72(18)63-70(16)67-96(103-23)68-87(112-117(33-10,34-11)35-12)89(93(100)101)86(108-96)65-77(56-50-48-46-44-42-40-39-41-43-45-47-49-55-71(17)91(99)73(19)75(21)105-88(98)66-79(64-78)110-115(27-4,28-5)29-6)107-94-74(20)90(92(76(22)106-94)113-118(36-13,37-14)38-15)97-95(102)104-69-84-82-59-53-51-57-80(82)81-58-52-54-60-83(81)84/h39-60,70-79,84-87,89-92,94,99H,24-38,61-69H2,1-23H3,(H,97,102)(H,100,101)/b40-39+,43-41+,44-42+,47-45+,48-46+,55-49+,56-50+/t70?,71-,72?,73-,74-,75-,76+,77?,78?,79?,85?,86-,87-,89?,90+,91?,92?,94-,96?/m0/s1. The number of esters is 1. The number of hydrogen-bond donors (Lipinski definition) is 3. The molecule has 3 aliphatic heterocycles. The third-order valence-electron chi connectivity index (χ3n) is 28.4. The predicted molar refractivity (Wildman–Crippen MR) is 496 cm³/mol. The molecule has 1 aliphatic carbocycles. The first kappa shape index (κ1) is 102. The molecule has 118 heavy (non-hydrogen) atoms. The monoisotopic (exact) mass is 1720 g/mol. The molecule has 2 saturated heterocycles. The Hall–Kier alpha value is -4.49. The Kier molecular flexibility index (Phi) is 43.2. The first-order chi connectivity index (χ1) is 56.4. The van der Waals surface area contributed by atoms with Crippen LogP contribution in [0.1, 0.15) is 221 Å². The highest BCUT2D eigenvalue weighted by molar-refractivity contribution is 6.75. The molecule has 666 valence electrons. The highest BCUT2D eigenvalue weighted by Crippen LogP contribution is 2.48. The van der Waals surface area contributed by atoms with E-state index in [-0.39, 0.29) is 73.6 Å². The Morgan fingerprint density at radius 2 is 0.966 bits per heavy atom. The van der Waals surface area contributed by atoms with Gasteiger partial charge in [0.1, 0.15) is 18.6 Å². The lowest BCUT2D eigenvalue weighted by Crippen LogP contribution is -2.64. The van der Waals surface area contributed by atoms with Crippen LogP contribution in [0.3, 0.4) is 0 Å². The van der Waals surface area contributed by atoms with Crippen molar-refractivity contribution in [1.82, 2.24) is 5.32 Å². The number of hydrogen-bond acceptors (Lipinski definition) is 15. The summed E-state index contributed by atoms with van der Waals surface area (Å²) in [6.07, 6.45) is 23.6. The molecule has 2 aromatic carbocycles. The van der Waals surface area contributed by atoms with Crippen LogP contribution in [-0.4, -0.2) is 163 Å². The molecule has 17 nitrogen and oxygen atoms in total. The number of fused-ring (bicyclic) bond motifs is 5. The van der Waals surface area contributed by atoms with Crippen LogP contribution in [0.25, 0.3) is 11.1 Å². The van der Waals surface area contributed by atoms with E-state index < -0.39 is 132 Å². The Morgan fingerprint density at radius 3 is 1.45 bits per heavy atom. The molecule has 3 N–H and O–H groups in total. The third-order valence-corrected chi connectivity index (χ3v) is 51.8. The van der Waals surface area contributed by atoms with Gasteiger partial charge >= 0.3 is 18.0 Å². The van der Waals surface area contributed by atoms with Gasteiger partial charge < -0.3 is 66.1 Å². The van der Waals surface area contributed by atoms with Crippen molar-refractivity contribution in [3.05, 3.63) is 145 Å². The SMILES string of the molecule is CC[Si](CC)(CC)OC1CCC(O[Si](CC)(CC)CC)C(C)CC(C)CC2(OC)C[C@H](O[Si](CC)(CC)CC)C(C(=O)O)[C@H](CC(O[C@@H]3O[C@H](C)C(O[Si](CC)(CC)CC)[C@H](NC(=O)OCC4c5ccccc5-c5ccccc54)[C@@H]3C)/C=C/C=C/C=C/C=C/C=C/C=C/C=C/[C@H](C)C(O)[C@@H](C)[C@H](C)OC(=O)CC(O[Si](CC)(CC)CC)C1)O2. The number of carbonyl (C=O) groups excluding carboxylic acids is 2. The summed E-state index contributed by atoms with van der Waals surface area (Å²) in [5.74, 6) is -4.88. The number of allylic oxidation sites excluding steroid dienone is 12. The lowest BCUT2D eigenvalue weighted by atomic mass is 9.80. The molecule has 0 aromatic heterocycles. The number of cyclic esters (lactones) is 1. The topological polar surface area (TPSA) is 205 Å². The zero-order valence-corrected chi connectivity index (χ0v) is 82.3. The second-order valence-corrected chi connectivity index (χ2v) is 58.7. The molecular formula is C96H161NO16Si5.